The molecule has 0 N–H and O–H groups in total. The second-order valence-corrected chi connectivity index (χ2v) is 10.8. The lowest BCUT2D eigenvalue weighted by Gasteiger charge is -2.12. The maximum atomic E-state index is 13.3. The predicted molar refractivity (Wildman–Crippen MR) is 201 cm³/mol. The quantitative estimate of drug-likeness (QED) is 0.105. The first-order valence-electron chi connectivity index (χ1n) is 16.0. The van der Waals surface area contributed by atoms with Crippen molar-refractivity contribution in [2.24, 2.45) is 0 Å². The van der Waals surface area contributed by atoms with E-state index >= 15 is 0 Å². The molecule has 1 aromatic heterocycles. The number of carbonyl (C=O) groups excluding carboxylic acids is 2. The summed E-state index contributed by atoms with van der Waals surface area (Å²) in [6.07, 6.45) is 10.9. The number of fused-ring (bicyclic) bond motifs is 4. The zero-order chi connectivity index (χ0) is 35.7. The fraction of sp³-hybridized carbons (Fsp3) is 0.116. The van der Waals surface area contributed by atoms with E-state index < -0.39 is 0 Å². The molecule has 1 aliphatic rings. The minimum Gasteiger partial charge on any atom is -0.308 e. The lowest BCUT2D eigenvalue weighted by molar-refractivity contribution is 0.0693. The number of nitriles is 2. The van der Waals surface area contributed by atoms with Gasteiger partial charge in [0.25, 0.3) is 11.8 Å². The van der Waals surface area contributed by atoms with E-state index in [2.05, 4.69) is 37.4 Å². The topological polar surface area (TPSA) is 89.9 Å². The van der Waals surface area contributed by atoms with Crippen LogP contribution in [0.1, 0.15) is 59.5 Å². The summed E-state index contributed by atoms with van der Waals surface area (Å²) >= 11 is 0. The third-order valence-corrected chi connectivity index (χ3v) is 8.06. The van der Waals surface area contributed by atoms with Gasteiger partial charge in [-0.3, -0.25) is 14.5 Å². The second kappa shape index (κ2) is 15.9. The van der Waals surface area contributed by atoms with E-state index in [4.69, 9.17) is 0 Å². The summed E-state index contributed by atoms with van der Waals surface area (Å²) in [6, 6.07) is 29.4. The molecule has 2 heterocycles. The van der Waals surface area contributed by atoms with Crippen LogP contribution in [0.2, 0.25) is 0 Å². The summed E-state index contributed by atoms with van der Waals surface area (Å²) in [4.78, 5) is 27.2. The van der Waals surface area contributed by atoms with Gasteiger partial charge in [-0.05, 0) is 90.7 Å². The molecule has 49 heavy (non-hydrogen) atoms. The molecule has 1 aliphatic heterocycles. The zero-order valence-corrected chi connectivity index (χ0v) is 28.5. The number of carbonyl (C=O) groups is 2. The SMILES string of the molecule is C=C/C(C#N)=C\C(=C/C)c1ccc2c(c1)c1cc(-c3cccc(C#N)c3)ccc1n2-c1cccc2c1C(=O)N(C)C2=O.C=C/C=C\C.CC. The van der Waals surface area contributed by atoms with Gasteiger partial charge in [-0.25, -0.2) is 0 Å². The van der Waals surface area contributed by atoms with Crippen LogP contribution < -0.4 is 0 Å². The van der Waals surface area contributed by atoms with Gasteiger partial charge < -0.3 is 4.57 Å². The highest BCUT2D eigenvalue weighted by Crippen LogP contribution is 2.39. The highest BCUT2D eigenvalue weighted by Gasteiger charge is 2.35. The van der Waals surface area contributed by atoms with Crippen LogP contribution in [0.5, 0.6) is 0 Å². The smallest absolute Gasteiger partial charge is 0.263 e. The van der Waals surface area contributed by atoms with Gasteiger partial charge in [0.1, 0.15) is 0 Å². The highest BCUT2D eigenvalue weighted by atomic mass is 16.2. The molecular formula is C43H38N4O2. The van der Waals surface area contributed by atoms with Gasteiger partial charge >= 0.3 is 0 Å². The second-order valence-electron chi connectivity index (χ2n) is 10.8. The lowest BCUT2D eigenvalue weighted by Crippen LogP contribution is -2.24. The molecule has 0 radical (unpaired) electrons. The van der Waals surface area contributed by atoms with Crippen molar-refractivity contribution in [3.63, 3.8) is 0 Å². The Morgan fingerprint density at radius 1 is 0.816 bits per heavy atom. The molecule has 0 fully saturated rings. The molecule has 0 saturated carbocycles. The van der Waals surface area contributed by atoms with E-state index in [0.29, 0.717) is 28.0 Å². The van der Waals surface area contributed by atoms with Crippen molar-refractivity contribution in [2.45, 2.75) is 27.7 Å². The van der Waals surface area contributed by atoms with Crippen molar-refractivity contribution < 1.29 is 9.59 Å². The van der Waals surface area contributed by atoms with Gasteiger partial charge in [0.2, 0.25) is 0 Å². The van der Waals surface area contributed by atoms with Crippen LogP contribution in [0.25, 0.3) is 44.2 Å². The minimum absolute atomic E-state index is 0.320. The summed E-state index contributed by atoms with van der Waals surface area (Å²) in [5.41, 5.74) is 7.79. The van der Waals surface area contributed by atoms with Gasteiger partial charge in [-0.1, -0.05) is 87.7 Å². The monoisotopic (exact) mass is 642 g/mol. The Hall–Kier alpha value is -6.50. The Morgan fingerprint density at radius 3 is 2.10 bits per heavy atom. The van der Waals surface area contributed by atoms with Gasteiger partial charge in [0, 0.05) is 17.8 Å². The molecule has 0 aliphatic carbocycles. The zero-order valence-electron chi connectivity index (χ0n) is 28.5. The number of allylic oxidation sites excluding steroid dienone is 8. The first kappa shape index (κ1) is 35.4. The van der Waals surface area contributed by atoms with Crippen molar-refractivity contribution in [1.82, 2.24) is 9.47 Å². The molecule has 0 spiro atoms. The molecule has 0 unspecified atom stereocenters. The summed E-state index contributed by atoms with van der Waals surface area (Å²) in [7, 11) is 1.50. The first-order valence-corrected chi connectivity index (χ1v) is 16.0. The molecular weight excluding hydrogens is 604 g/mol. The fourth-order valence-corrected chi connectivity index (χ4v) is 5.75. The van der Waals surface area contributed by atoms with E-state index in [1.807, 2.05) is 99.0 Å². The first-order chi connectivity index (χ1) is 23.8. The predicted octanol–water partition coefficient (Wildman–Crippen LogP) is 10.4. The van der Waals surface area contributed by atoms with Crippen LogP contribution in [-0.4, -0.2) is 28.3 Å². The van der Waals surface area contributed by atoms with E-state index in [-0.39, 0.29) is 11.8 Å². The highest BCUT2D eigenvalue weighted by molar-refractivity contribution is 6.23. The molecule has 242 valence electrons. The Bertz CT molecular complexity index is 2280. The number of hydrogen-bond acceptors (Lipinski definition) is 4. The van der Waals surface area contributed by atoms with Crippen molar-refractivity contribution >= 4 is 39.2 Å². The molecule has 0 atom stereocenters. The summed E-state index contributed by atoms with van der Waals surface area (Å²) in [5, 5.41) is 20.8. The fourth-order valence-electron chi connectivity index (χ4n) is 5.75. The van der Waals surface area contributed by atoms with Crippen molar-refractivity contribution in [3.05, 3.63) is 156 Å². The number of amides is 2. The van der Waals surface area contributed by atoms with Crippen LogP contribution in [-0.2, 0) is 0 Å². The number of imide groups is 1. The Kier molecular flexibility index (Phi) is 11.4. The van der Waals surface area contributed by atoms with E-state index in [1.54, 1.807) is 30.4 Å². The van der Waals surface area contributed by atoms with E-state index in [9.17, 15) is 20.1 Å². The molecule has 2 amide bonds. The molecule has 4 aromatic carbocycles. The third kappa shape index (κ3) is 6.81. The molecule has 6 heteroatoms. The number of benzene rings is 4. The average Bonchev–Trinajstić information content (AvgIpc) is 3.59. The Morgan fingerprint density at radius 2 is 1.49 bits per heavy atom. The van der Waals surface area contributed by atoms with Crippen molar-refractivity contribution in [3.8, 4) is 29.0 Å². The van der Waals surface area contributed by atoms with Gasteiger partial charge in [0.15, 0.2) is 0 Å². The van der Waals surface area contributed by atoms with Gasteiger partial charge in [0.05, 0.1) is 51.1 Å². The maximum Gasteiger partial charge on any atom is 0.263 e. The van der Waals surface area contributed by atoms with Crippen molar-refractivity contribution in [2.75, 3.05) is 7.05 Å². The Balaban J connectivity index is 0.000000710. The summed E-state index contributed by atoms with van der Waals surface area (Å²) < 4.78 is 2.03. The van der Waals surface area contributed by atoms with Crippen LogP contribution >= 0.6 is 0 Å². The molecule has 6 nitrogen and oxygen atoms in total. The number of aromatic nitrogens is 1. The molecule has 0 bridgehead atoms. The van der Waals surface area contributed by atoms with Gasteiger partial charge in [-0.2, -0.15) is 10.5 Å². The Labute approximate surface area is 288 Å². The summed E-state index contributed by atoms with van der Waals surface area (Å²) in [6.45, 7) is 15.1. The van der Waals surface area contributed by atoms with Crippen LogP contribution in [0.4, 0.5) is 0 Å². The standard InChI is InChI=1S/C36H24N4O2.C5H8.C2H6/c1-4-22(20-37)16-24(5-2)26-12-14-31-29(18-26)30-19-27(25-9-6-8-23(17-25)21-38)13-15-32(30)40(31)33-11-7-10-28-34(33)36(42)39(3)35(28)41;1-3-5-4-2;1-2/h4-19H,1H2,2-3H3;3-5H,1H2,2H3;1-2H3/b22-16+,24-5+;5-4-;. The summed E-state index contributed by atoms with van der Waals surface area (Å²) in [5.74, 6) is -0.656. The third-order valence-electron chi connectivity index (χ3n) is 8.06. The number of rotatable bonds is 6. The average molecular weight is 643 g/mol. The maximum absolute atomic E-state index is 13.3. The normalized spacial score (nSPS) is 12.5. The molecule has 0 saturated heterocycles. The molecule has 6 rings (SSSR count). The largest absolute Gasteiger partial charge is 0.308 e. The number of hydrogen-bond donors (Lipinski definition) is 0. The van der Waals surface area contributed by atoms with Crippen molar-refractivity contribution in [1.29, 1.82) is 10.5 Å². The van der Waals surface area contributed by atoms with E-state index in [0.717, 1.165) is 49.0 Å². The van der Waals surface area contributed by atoms with Crippen LogP contribution in [0, 0.1) is 22.7 Å². The van der Waals surface area contributed by atoms with Crippen LogP contribution in [0.3, 0.4) is 0 Å². The number of nitrogens with zero attached hydrogens (tertiary/aromatic N) is 4. The van der Waals surface area contributed by atoms with Gasteiger partial charge in [-0.15, -0.1) is 0 Å². The lowest BCUT2D eigenvalue weighted by atomic mass is 9.98. The molecule has 5 aromatic rings. The van der Waals surface area contributed by atoms with Crippen LogP contribution in [0.15, 0.2) is 134 Å². The van der Waals surface area contributed by atoms with E-state index in [1.165, 1.54) is 13.1 Å². The minimum atomic E-state index is -0.336.